The summed E-state index contributed by atoms with van der Waals surface area (Å²) in [5.41, 5.74) is 2.29. The van der Waals surface area contributed by atoms with Crippen LogP contribution in [0, 0.1) is 5.92 Å². The number of likely N-dealkylation sites (N-methyl/N-ethyl adjacent to an activating group) is 1. The molecule has 0 N–H and O–H groups in total. The number of hydrogen-bond donors (Lipinski definition) is 0. The van der Waals surface area contributed by atoms with Crippen molar-refractivity contribution in [2.24, 2.45) is 5.92 Å². The third-order valence-corrected chi connectivity index (χ3v) is 6.01. The molecular formula is C21H27N5O2. The number of urea groups is 1. The lowest BCUT2D eigenvalue weighted by Gasteiger charge is -2.40. The number of amides is 3. The first-order chi connectivity index (χ1) is 13.4. The molecule has 2 aliphatic heterocycles. The van der Waals surface area contributed by atoms with Crippen molar-refractivity contribution in [2.45, 2.75) is 38.8 Å². The molecule has 0 radical (unpaired) electrons. The van der Waals surface area contributed by atoms with Gasteiger partial charge in [-0.05, 0) is 30.4 Å². The summed E-state index contributed by atoms with van der Waals surface area (Å²) in [4.78, 5) is 40.1. The van der Waals surface area contributed by atoms with Crippen molar-refractivity contribution in [3.05, 3.63) is 36.2 Å². The molecule has 2 aromatic rings. The smallest absolute Gasteiger partial charge is 0.312 e. The first-order valence-corrected chi connectivity index (χ1v) is 9.93. The lowest BCUT2D eigenvalue weighted by molar-refractivity contribution is -0.135. The Balaban J connectivity index is 1.48. The highest BCUT2D eigenvalue weighted by molar-refractivity contribution is 6.07. The molecule has 2 aliphatic rings. The number of fused-ring (bicyclic) bond motifs is 1. The summed E-state index contributed by atoms with van der Waals surface area (Å²) in [6.45, 7) is 6.86. The molecule has 7 heteroatoms. The predicted molar refractivity (Wildman–Crippen MR) is 106 cm³/mol. The van der Waals surface area contributed by atoms with E-state index in [0.717, 1.165) is 36.2 Å². The monoisotopic (exact) mass is 381 g/mol. The average Bonchev–Trinajstić information content (AvgIpc) is 2.86. The van der Waals surface area contributed by atoms with Crippen LogP contribution in [0.5, 0.6) is 0 Å². The van der Waals surface area contributed by atoms with Gasteiger partial charge < -0.3 is 4.90 Å². The summed E-state index contributed by atoms with van der Waals surface area (Å²) >= 11 is 0. The molecule has 3 amide bonds. The van der Waals surface area contributed by atoms with E-state index in [1.807, 2.05) is 26.0 Å². The van der Waals surface area contributed by atoms with E-state index in [-0.39, 0.29) is 17.9 Å². The van der Waals surface area contributed by atoms with Crippen LogP contribution in [0.3, 0.4) is 0 Å². The van der Waals surface area contributed by atoms with Crippen LogP contribution in [0.2, 0.25) is 0 Å². The second kappa shape index (κ2) is 7.13. The lowest BCUT2D eigenvalue weighted by Crippen LogP contribution is -2.55. The maximum absolute atomic E-state index is 13.1. The van der Waals surface area contributed by atoms with Crippen LogP contribution in [0.1, 0.15) is 32.3 Å². The Bertz CT molecular complexity index is 899. The van der Waals surface area contributed by atoms with E-state index in [4.69, 9.17) is 0 Å². The van der Waals surface area contributed by atoms with Crippen molar-refractivity contribution in [3.63, 3.8) is 0 Å². The van der Waals surface area contributed by atoms with Crippen molar-refractivity contribution in [3.8, 4) is 0 Å². The fourth-order valence-corrected chi connectivity index (χ4v) is 4.42. The minimum absolute atomic E-state index is 0.0237. The van der Waals surface area contributed by atoms with Gasteiger partial charge in [0.1, 0.15) is 5.54 Å². The summed E-state index contributed by atoms with van der Waals surface area (Å²) < 4.78 is 0. The molecule has 0 saturated carbocycles. The van der Waals surface area contributed by atoms with Crippen molar-refractivity contribution in [1.82, 2.24) is 24.7 Å². The van der Waals surface area contributed by atoms with Gasteiger partial charge in [-0.1, -0.05) is 26.0 Å². The fourth-order valence-electron chi connectivity index (χ4n) is 4.42. The van der Waals surface area contributed by atoms with E-state index in [1.165, 1.54) is 4.90 Å². The second-order valence-corrected chi connectivity index (χ2v) is 8.30. The Hall–Kier alpha value is -2.54. The number of imide groups is 1. The van der Waals surface area contributed by atoms with Crippen molar-refractivity contribution in [1.29, 1.82) is 0 Å². The van der Waals surface area contributed by atoms with Crippen LogP contribution < -0.4 is 0 Å². The van der Waals surface area contributed by atoms with Gasteiger partial charge in [-0.15, -0.1) is 0 Å². The standard InChI is InChI=1S/C21H27N5O2/c1-15(2)13-26-19(27)21(24(3)20(26)28)7-11-25(12-8-21)14-16-5-4-6-17-18(16)23-10-9-22-17/h4-6,9-10,15H,7-8,11-14H2,1-3H3. The highest BCUT2D eigenvalue weighted by Gasteiger charge is 2.56. The Kier molecular flexibility index (Phi) is 4.79. The zero-order valence-electron chi connectivity index (χ0n) is 16.8. The number of para-hydroxylation sites is 1. The normalized spacial score (nSPS) is 20.1. The molecule has 0 unspecified atom stereocenters. The number of rotatable bonds is 4. The molecule has 2 saturated heterocycles. The largest absolute Gasteiger partial charge is 0.327 e. The molecule has 28 heavy (non-hydrogen) atoms. The Morgan fingerprint density at radius 3 is 2.54 bits per heavy atom. The van der Waals surface area contributed by atoms with Crippen LogP contribution in [0.25, 0.3) is 11.0 Å². The molecule has 7 nitrogen and oxygen atoms in total. The Morgan fingerprint density at radius 1 is 1.11 bits per heavy atom. The summed E-state index contributed by atoms with van der Waals surface area (Å²) in [6.07, 6.45) is 4.76. The van der Waals surface area contributed by atoms with E-state index >= 15 is 0 Å². The van der Waals surface area contributed by atoms with Crippen LogP contribution in [-0.2, 0) is 11.3 Å². The van der Waals surface area contributed by atoms with Crippen LogP contribution in [-0.4, -0.2) is 68.8 Å². The van der Waals surface area contributed by atoms with Crippen molar-refractivity contribution < 1.29 is 9.59 Å². The molecule has 1 aromatic carbocycles. The zero-order valence-corrected chi connectivity index (χ0v) is 16.8. The molecule has 3 heterocycles. The number of carbonyl (C=O) groups is 2. The lowest BCUT2D eigenvalue weighted by atomic mass is 9.86. The number of nitrogens with zero attached hydrogens (tertiary/aromatic N) is 5. The third-order valence-electron chi connectivity index (χ3n) is 6.01. The molecular weight excluding hydrogens is 354 g/mol. The number of hydrogen-bond acceptors (Lipinski definition) is 5. The van der Waals surface area contributed by atoms with E-state index in [1.54, 1.807) is 24.3 Å². The molecule has 2 fully saturated rings. The third kappa shape index (κ3) is 3.03. The molecule has 0 atom stereocenters. The second-order valence-electron chi connectivity index (χ2n) is 8.30. The SMILES string of the molecule is CC(C)CN1C(=O)N(C)C2(CCN(Cc3cccc4nccnc34)CC2)C1=O. The summed E-state index contributed by atoms with van der Waals surface area (Å²) in [6, 6.07) is 5.91. The minimum atomic E-state index is -0.680. The number of piperidine rings is 1. The number of benzene rings is 1. The van der Waals surface area contributed by atoms with E-state index in [2.05, 4.69) is 20.9 Å². The molecule has 0 bridgehead atoms. The van der Waals surface area contributed by atoms with E-state index < -0.39 is 5.54 Å². The van der Waals surface area contributed by atoms with Gasteiger partial charge in [-0.3, -0.25) is 24.6 Å². The van der Waals surface area contributed by atoms with Gasteiger partial charge in [0.05, 0.1) is 11.0 Å². The molecule has 4 rings (SSSR count). The molecule has 1 spiro atoms. The zero-order chi connectivity index (χ0) is 19.9. The number of aromatic nitrogens is 2. The van der Waals surface area contributed by atoms with Gasteiger partial charge in [-0.2, -0.15) is 0 Å². The van der Waals surface area contributed by atoms with Crippen LogP contribution >= 0.6 is 0 Å². The van der Waals surface area contributed by atoms with Crippen LogP contribution in [0.15, 0.2) is 30.6 Å². The molecule has 148 valence electrons. The predicted octanol–water partition coefficient (Wildman–Crippen LogP) is 2.51. The molecule has 1 aromatic heterocycles. The maximum Gasteiger partial charge on any atom is 0.327 e. The van der Waals surface area contributed by atoms with Crippen molar-refractivity contribution in [2.75, 3.05) is 26.7 Å². The van der Waals surface area contributed by atoms with Gasteiger partial charge >= 0.3 is 6.03 Å². The van der Waals surface area contributed by atoms with Crippen LogP contribution in [0.4, 0.5) is 4.79 Å². The van der Waals surface area contributed by atoms with Gasteiger partial charge in [0, 0.05) is 45.6 Å². The number of carbonyl (C=O) groups excluding carboxylic acids is 2. The Morgan fingerprint density at radius 2 is 1.82 bits per heavy atom. The van der Waals surface area contributed by atoms with Gasteiger partial charge in [0.2, 0.25) is 0 Å². The summed E-state index contributed by atoms with van der Waals surface area (Å²) in [5, 5.41) is 0. The summed E-state index contributed by atoms with van der Waals surface area (Å²) in [5.74, 6) is 0.244. The minimum Gasteiger partial charge on any atom is -0.312 e. The maximum atomic E-state index is 13.1. The van der Waals surface area contributed by atoms with Gasteiger partial charge in [-0.25, -0.2) is 4.79 Å². The summed E-state index contributed by atoms with van der Waals surface area (Å²) in [7, 11) is 1.77. The fraction of sp³-hybridized carbons (Fsp3) is 0.524. The molecule has 0 aliphatic carbocycles. The average molecular weight is 381 g/mol. The van der Waals surface area contributed by atoms with E-state index in [0.29, 0.717) is 19.4 Å². The van der Waals surface area contributed by atoms with Gasteiger partial charge in [0.25, 0.3) is 5.91 Å². The van der Waals surface area contributed by atoms with Gasteiger partial charge in [0.15, 0.2) is 0 Å². The highest BCUT2D eigenvalue weighted by atomic mass is 16.2. The number of likely N-dealkylation sites (tertiary alicyclic amines) is 1. The topological polar surface area (TPSA) is 69.6 Å². The first-order valence-electron chi connectivity index (χ1n) is 9.93. The van der Waals surface area contributed by atoms with E-state index in [9.17, 15) is 9.59 Å². The first kappa shape index (κ1) is 18.8. The highest BCUT2D eigenvalue weighted by Crippen LogP contribution is 2.37. The Labute approximate surface area is 165 Å². The quantitative estimate of drug-likeness (QED) is 0.761. The van der Waals surface area contributed by atoms with Crippen molar-refractivity contribution >= 4 is 23.0 Å².